The lowest BCUT2D eigenvalue weighted by molar-refractivity contribution is -0.117. The van der Waals surface area contributed by atoms with Gasteiger partial charge in [-0.3, -0.25) is 9.48 Å². The highest BCUT2D eigenvalue weighted by atomic mass is 16.2. The van der Waals surface area contributed by atoms with Crippen LogP contribution in [0, 0.1) is 0 Å². The van der Waals surface area contributed by atoms with E-state index in [4.69, 9.17) is 11.5 Å². The maximum atomic E-state index is 12.6. The normalized spacial score (nSPS) is 14.4. The molecule has 0 aliphatic heterocycles. The van der Waals surface area contributed by atoms with Crippen LogP contribution in [0.4, 0.5) is 11.8 Å². The largest absolute Gasteiger partial charge is 0.357 e. The van der Waals surface area contributed by atoms with E-state index in [9.17, 15) is 4.79 Å². The van der Waals surface area contributed by atoms with Crippen LogP contribution < -0.4 is 22.1 Å². The molecule has 1 aliphatic carbocycles. The Balaban J connectivity index is 0.000000417. The molecule has 5 rings (SSSR count). The first-order valence-electron chi connectivity index (χ1n) is 13.3. The van der Waals surface area contributed by atoms with Gasteiger partial charge in [0, 0.05) is 43.4 Å². The molecule has 0 radical (unpaired) electrons. The molecule has 1 fully saturated rings. The standard InChI is InChI=1S/C23H25N7O.C6H13N/c1-4-14-10-16(11-17-13-26-23(25-2)28-21(14)17)18-12-19(29-30(18)3)27-22(31)20(24)15-8-6-5-7-9-15;7-6-4-2-1-3-5-6/h5-13,20H,4,24H2,1-3H3,(H,25,26,28)(H,27,29,31);6H,1-5,7H2. The van der Waals surface area contributed by atoms with Crippen molar-refractivity contribution in [2.75, 3.05) is 17.7 Å². The van der Waals surface area contributed by atoms with Gasteiger partial charge in [0.25, 0.3) is 0 Å². The summed E-state index contributed by atoms with van der Waals surface area (Å²) in [5.41, 5.74) is 16.4. The zero-order valence-electron chi connectivity index (χ0n) is 22.4. The predicted octanol–water partition coefficient (Wildman–Crippen LogP) is 4.55. The summed E-state index contributed by atoms with van der Waals surface area (Å²) in [4.78, 5) is 21.5. The monoisotopic (exact) mass is 514 g/mol. The van der Waals surface area contributed by atoms with Crippen molar-refractivity contribution in [3.63, 3.8) is 0 Å². The van der Waals surface area contributed by atoms with Gasteiger partial charge in [-0.1, -0.05) is 56.5 Å². The fourth-order valence-corrected chi connectivity index (χ4v) is 4.71. The van der Waals surface area contributed by atoms with Gasteiger partial charge in [0.15, 0.2) is 5.82 Å². The van der Waals surface area contributed by atoms with Crippen molar-refractivity contribution in [1.82, 2.24) is 19.7 Å². The molecule has 2 heterocycles. The fraction of sp³-hybridized carbons (Fsp3) is 0.379. The minimum absolute atomic E-state index is 0.309. The van der Waals surface area contributed by atoms with E-state index in [1.165, 1.54) is 32.1 Å². The van der Waals surface area contributed by atoms with Crippen molar-refractivity contribution >= 4 is 28.6 Å². The Kier molecular flexibility index (Phi) is 9.04. The van der Waals surface area contributed by atoms with Crippen LogP contribution in [0.15, 0.2) is 54.7 Å². The summed E-state index contributed by atoms with van der Waals surface area (Å²) in [5, 5.41) is 11.2. The number of hydrogen-bond acceptors (Lipinski definition) is 7. The van der Waals surface area contributed by atoms with Gasteiger partial charge >= 0.3 is 0 Å². The predicted molar refractivity (Wildman–Crippen MR) is 154 cm³/mol. The van der Waals surface area contributed by atoms with Crippen LogP contribution in [-0.4, -0.2) is 38.7 Å². The molecular formula is C29H38N8O. The highest BCUT2D eigenvalue weighted by Crippen LogP contribution is 2.29. The molecule has 0 bridgehead atoms. The molecule has 38 heavy (non-hydrogen) atoms. The Hall–Kier alpha value is -3.82. The Bertz CT molecular complexity index is 1360. The summed E-state index contributed by atoms with van der Waals surface area (Å²) < 4.78 is 1.74. The van der Waals surface area contributed by atoms with Crippen LogP contribution in [0.5, 0.6) is 0 Å². The number of fused-ring (bicyclic) bond motifs is 1. The average molecular weight is 515 g/mol. The summed E-state index contributed by atoms with van der Waals surface area (Å²) in [6, 6.07) is 15.0. The lowest BCUT2D eigenvalue weighted by Gasteiger charge is -2.15. The second-order valence-corrected chi connectivity index (χ2v) is 9.68. The molecule has 9 nitrogen and oxygen atoms in total. The summed E-state index contributed by atoms with van der Waals surface area (Å²) in [6.45, 7) is 2.10. The van der Waals surface area contributed by atoms with Gasteiger partial charge < -0.3 is 22.1 Å². The van der Waals surface area contributed by atoms with E-state index in [0.29, 0.717) is 17.8 Å². The molecule has 200 valence electrons. The van der Waals surface area contributed by atoms with Gasteiger partial charge in [0.2, 0.25) is 11.9 Å². The smallest absolute Gasteiger partial charge is 0.247 e. The molecule has 1 saturated carbocycles. The first-order valence-corrected chi connectivity index (χ1v) is 13.3. The van der Waals surface area contributed by atoms with E-state index in [-0.39, 0.29) is 5.91 Å². The summed E-state index contributed by atoms with van der Waals surface area (Å²) in [5.74, 6) is 0.737. The number of amides is 1. The molecule has 1 amide bonds. The Morgan fingerprint density at radius 2 is 1.87 bits per heavy atom. The third-order valence-corrected chi connectivity index (χ3v) is 6.88. The molecule has 0 saturated heterocycles. The highest BCUT2D eigenvalue weighted by Gasteiger charge is 2.18. The highest BCUT2D eigenvalue weighted by molar-refractivity contribution is 5.95. The SMILES string of the molecule is CCc1cc(-c2cc(NC(=O)C(N)c3ccccc3)nn2C)cc2cnc(NC)nc12.NC1CCCCC1. The second-order valence-electron chi connectivity index (χ2n) is 9.68. The van der Waals surface area contributed by atoms with Crippen molar-refractivity contribution in [3.05, 3.63) is 65.9 Å². The van der Waals surface area contributed by atoms with Crippen LogP contribution in [0.1, 0.15) is 56.2 Å². The van der Waals surface area contributed by atoms with Crippen molar-refractivity contribution in [3.8, 4) is 11.3 Å². The molecule has 1 atom stereocenters. The van der Waals surface area contributed by atoms with E-state index >= 15 is 0 Å². The first kappa shape index (κ1) is 27.2. The summed E-state index contributed by atoms with van der Waals surface area (Å²) in [7, 11) is 3.65. The maximum absolute atomic E-state index is 12.6. The van der Waals surface area contributed by atoms with Crippen molar-refractivity contribution in [2.24, 2.45) is 18.5 Å². The number of nitrogens with two attached hydrogens (primary N) is 2. The Morgan fingerprint density at radius 3 is 2.50 bits per heavy atom. The molecule has 2 aromatic heterocycles. The maximum Gasteiger partial charge on any atom is 0.247 e. The molecule has 1 unspecified atom stereocenters. The number of benzene rings is 2. The molecule has 6 N–H and O–H groups in total. The van der Waals surface area contributed by atoms with Gasteiger partial charge in [-0.15, -0.1) is 0 Å². The number of carbonyl (C=O) groups is 1. The van der Waals surface area contributed by atoms with Gasteiger partial charge in [-0.2, -0.15) is 5.10 Å². The number of nitrogens with zero attached hydrogens (tertiary/aromatic N) is 4. The van der Waals surface area contributed by atoms with Crippen LogP contribution in [0.3, 0.4) is 0 Å². The van der Waals surface area contributed by atoms with Crippen LogP contribution in [-0.2, 0) is 18.3 Å². The number of carbonyl (C=O) groups excluding carboxylic acids is 1. The van der Waals surface area contributed by atoms with E-state index in [1.54, 1.807) is 11.7 Å². The van der Waals surface area contributed by atoms with Gasteiger partial charge in [0.05, 0.1) is 11.2 Å². The zero-order chi connectivity index (χ0) is 27.1. The van der Waals surface area contributed by atoms with Gasteiger partial charge in [0.1, 0.15) is 6.04 Å². The molecule has 9 heteroatoms. The second kappa shape index (κ2) is 12.6. The number of rotatable bonds is 6. The van der Waals surface area contributed by atoms with Crippen molar-refractivity contribution in [1.29, 1.82) is 0 Å². The number of aryl methyl sites for hydroxylation is 2. The van der Waals surface area contributed by atoms with Gasteiger partial charge in [-0.25, -0.2) is 9.97 Å². The van der Waals surface area contributed by atoms with E-state index in [1.807, 2.05) is 55.7 Å². The number of anilines is 2. The molecule has 2 aromatic carbocycles. The topological polar surface area (TPSA) is 137 Å². The zero-order valence-corrected chi connectivity index (χ0v) is 22.4. The van der Waals surface area contributed by atoms with E-state index < -0.39 is 6.04 Å². The number of aromatic nitrogens is 4. The molecule has 4 aromatic rings. The lowest BCUT2D eigenvalue weighted by Crippen LogP contribution is -2.27. The van der Waals surface area contributed by atoms with E-state index in [2.05, 4.69) is 38.7 Å². The molecule has 1 aliphatic rings. The van der Waals surface area contributed by atoms with Crippen molar-refractivity contribution < 1.29 is 4.79 Å². The first-order chi connectivity index (χ1) is 18.4. The average Bonchev–Trinajstić information content (AvgIpc) is 3.32. The van der Waals surface area contributed by atoms with Crippen LogP contribution in [0.25, 0.3) is 22.2 Å². The number of hydrogen-bond donors (Lipinski definition) is 4. The minimum atomic E-state index is -0.766. The molecule has 0 spiro atoms. The van der Waals surface area contributed by atoms with Crippen molar-refractivity contribution in [2.45, 2.75) is 57.5 Å². The van der Waals surface area contributed by atoms with Crippen LogP contribution >= 0.6 is 0 Å². The minimum Gasteiger partial charge on any atom is -0.357 e. The fourth-order valence-electron chi connectivity index (χ4n) is 4.71. The van der Waals surface area contributed by atoms with Crippen LogP contribution in [0.2, 0.25) is 0 Å². The van der Waals surface area contributed by atoms with Gasteiger partial charge in [-0.05, 0) is 42.5 Å². The lowest BCUT2D eigenvalue weighted by atomic mass is 9.97. The summed E-state index contributed by atoms with van der Waals surface area (Å²) in [6.07, 6.45) is 9.31. The molecular weight excluding hydrogens is 476 g/mol. The third kappa shape index (κ3) is 6.54. The quantitative estimate of drug-likeness (QED) is 0.296. The summed E-state index contributed by atoms with van der Waals surface area (Å²) >= 11 is 0. The number of nitrogens with one attached hydrogen (secondary N) is 2. The Morgan fingerprint density at radius 1 is 1.13 bits per heavy atom. The van der Waals surface area contributed by atoms with E-state index in [0.717, 1.165) is 39.7 Å². The third-order valence-electron chi connectivity index (χ3n) is 6.88. The Labute approximate surface area is 224 Å².